The Bertz CT molecular complexity index is 599. The first-order valence-corrected chi connectivity index (χ1v) is 7.89. The lowest BCUT2D eigenvalue weighted by molar-refractivity contribution is 0.486. The van der Waals surface area contributed by atoms with E-state index in [0.717, 1.165) is 19.3 Å². The molecule has 102 valence electrons. The van der Waals surface area contributed by atoms with Crippen LogP contribution >= 0.6 is 0 Å². The van der Waals surface area contributed by atoms with Crippen LogP contribution in [0.2, 0.25) is 0 Å². The second-order valence-corrected chi connectivity index (χ2v) is 6.78. The molecule has 1 saturated carbocycles. The third-order valence-corrected chi connectivity index (χ3v) is 5.28. The smallest absolute Gasteiger partial charge is 0.235 e. The number of nitrogens with two attached hydrogens (primary N) is 1. The number of hydrogen-bond donors (Lipinski definition) is 2. The summed E-state index contributed by atoms with van der Waals surface area (Å²) in [6, 6.07) is 6.52. The average molecular weight is 279 g/mol. The predicted molar refractivity (Wildman–Crippen MR) is 75.0 cm³/mol. The Balaban J connectivity index is 2.18. The first-order valence-electron chi connectivity index (χ1n) is 6.34. The van der Waals surface area contributed by atoms with E-state index >= 15 is 0 Å². The summed E-state index contributed by atoms with van der Waals surface area (Å²) in [4.78, 5) is 0. The summed E-state index contributed by atoms with van der Waals surface area (Å²) in [5.74, 6) is 0. The number of nitrogen functional groups attached to an aromatic ring is 1. The Kier molecular flexibility index (Phi) is 3.96. The fourth-order valence-corrected chi connectivity index (χ4v) is 3.95. The van der Waals surface area contributed by atoms with Crippen molar-refractivity contribution in [1.29, 1.82) is 5.26 Å². The van der Waals surface area contributed by atoms with Gasteiger partial charge in [-0.15, -0.1) is 0 Å². The summed E-state index contributed by atoms with van der Waals surface area (Å²) in [6.07, 6.45) is 4.41. The van der Waals surface area contributed by atoms with Gasteiger partial charge in [-0.05, 0) is 31.0 Å². The van der Waals surface area contributed by atoms with Crippen LogP contribution in [0.15, 0.2) is 18.2 Å². The zero-order valence-electron chi connectivity index (χ0n) is 10.6. The standard InChI is InChI=1S/C13H17N3O2S/c14-9-10-6-7-13(12(15)8-10)16-19(17,18)11-4-2-1-3-5-11/h6-8,11,16H,1-5,15H2. The lowest BCUT2D eigenvalue weighted by atomic mass is 10.0. The molecule has 0 heterocycles. The molecule has 1 aromatic carbocycles. The van der Waals surface area contributed by atoms with Crippen molar-refractivity contribution in [2.45, 2.75) is 37.4 Å². The molecular weight excluding hydrogens is 262 g/mol. The molecule has 0 bridgehead atoms. The maximum atomic E-state index is 12.2. The molecule has 0 radical (unpaired) electrons. The third kappa shape index (κ3) is 3.18. The van der Waals surface area contributed by atoms with E-state index in [0.29, 0.717) is 24.1 Å². The number of benzene rings is 1. The van der Waals surface area contributed by atoms with Crippen LogP contribution in [0.5, 0.6) is 0 Å². The van der Waals surface area contributed by atoms with E-state index in [1.165, 1.54) is 12.1 Å². The molecule has 1 aromatic rings. The van der Waals surface area contributed by atoms with Gasteiger partial charge < -0.3 is 5.73 Å². The maximum absolute atomic E-state index is 12.2. The molecule has 1 aliphatic rings. The number of nitrogens with one attached hydrogen (secondary N) is 1. The molecule has 0 spiro atoms. The van der Waals surface area contributed by atoms with Crippen molar-refractivity contribution in [2.75, 3.05) is 10.5 Å². The van der Waals surface area contributed by atoms with Crippen molar-refractivity contribution < 1.29 is 8.42 Å². The number of rotatable bonds is 3. The molecule has 19 heavy (non-hydrogen) atoms. The minimum Gasteiger partial charge on any atom is -0.397 e. The quantitative estimate of drug-likeness (QED) is 0.829. The normalized spacial score (nSPS) is 16.8. The Morgan fingerprint density at radius 2 is 1.95 bits per heavy atom. The van der Waals surface area contributed by atoms with E-state index < -0.39 is 10.0 Å². The highest BCUT2D eigenvalue weighted by Gasteiger charge is 2.27. The molecule has 0 saturated heterocycles. The molecule has 0 unspecified atom stereocenters. The number of sulfonamides is 1. The van der Waals surface area contributed by atoms with E-state index in [2.05, 4.69) is 4.72 Å². The molecule has 2 rings (SSSR count). The highest BCUT2D eigenvalue weighted by molar-refractivity contribution is 7.93. The van der Waals surface area contributed by atoms with Crippen LogP contribution in [-0.2, 0) is 10.0 Å². The minimum absolute atomic E-state index is 0.276. The lowest BCUT2D eigenvalue weighted by Gasteiger charge is -2.22. The molecule has 0 aromatic heterocycles. The molecule has 5 nitrogen and oxygen atoms in total. The van der Waals surface area contributed by atoms with Gasteiger partial charge in [-0.1, -0.05) is 19.3 Å². The van der Waals surface area contributed by atoms with Crippen LogP contribution in [0.25, 0.3) is 0 Å². The fraction of sp³-hybridized carbons (Fsp3) is 0.462. The maximum Gasteiger partial charge on any atom is 0.235 e. The summed E-state index contributed by atoms with van der Waals surface area (Å²) in [5, 5.41) is 8.41. The zero-order chi connectivity index (χ0) is 13.9. The highest BCUT2D eigenvalue weighted by atomic mass is 32.2. The lowest BCUT2D eigenvalue weighted by Crippen LogP contribution is -2.30. The SMILES string of the molecule is N#Cc1ccc(NS(=O)(=O)C2CCCCC2)c(N)c1. The van der Waals surface area contributed by atoms with Gasteiger partial charge in [-0.3, -0.25) is 4.72 Å². The van der Waals surface area contributed by atoms with E-state index in [1.54, 1.807) is 6.07 Å². The summed E-state index contributed by atoms with van der Waals surface area (Å²) < 4.78 is 27.0. The van der Waals surface area contributed by atoms with Crippen molar-refractivity contribution >= 4 is 21.4 Å². The van der Waals surface area contributed by atoms with Gasteiger partial charge >= 0.3 is 0 Å². The largest absolute Gasteiger partial charge is 0.397 e. The summed E-state index contributed by atoms with van der Waals surface area (Å²) >= 11 is 0. The molecule has 6 heteroatoms. The number of nitriles is 1. The van der Waals surface area contributed by atoms with E-state index in [9.17, 15) is 8.42 Å². The van der Waals surface area contributed by atoms with Gasteiger partial charge in [0.1, 0.15) is 0 Å². The Labute approximate surface area is 113 Å². The van der Waals surface area contributed by atoms with Crippen LogP contribution in [0.4, 0.5) is 11.4 Å². The zero-order valence-corrected chi connectivity index (χ0v) is 11.4. The Morgan fingerprint density at radius 1 is 1.26 bits per heavy atom. The van der Waals surface area contributed by atoms with E-state index in [-0.39, 0.29) is 10.9 Å². The second-order valence-electron chi connectivity index (χ2n) is 4.82. The van der Waals surface area contributed by atoms with Crippen molar-refractivity contribution in [3.05, 3.63) is 23.8 Å². The topological polar surface area (TPSA) is 96.0 Å². The second kappa shape index (κ2) is 5.49. The van der Waals surface area contributed by atoms with E-state index in [4.69, 9.17) is 11.0 Å². The first-order chi connectivity index (χ1) is 9.03. The predicted octanol–water partition coefficient (Wildman–Crippen LogP) is 2.21. The van der Waals surface area contributed by atoms with Crippen LogP contribution in [0.1, 0.15) is 37.7 Å². The number of anilines is 2. The summed E-state index contributed by atoms with van der Waals surface area (Å²) in [7, 11) is -3.39. The Morgan fingerprint density at radius 3 is 2.53 bits per heavy atom. The first kappa shape index (κ1) is 13.7. The minimum atomic E-state index is -3.39. The summed E-state index contributed by atoms with van der Waals surface area (Å²) in [5.41, 5.74) is 6.80. The fourth-order valence-electron chi connectivity index (χ4n) is 2.34. The highest BCUT2D eigenvalue weighted by Crippen LogP contribution is 2.27. The van der Waals surface area contributed by atoms with Crippen LogP contribution in [0, 0.1) is 11.3 Å². The van der Waals surface area contributed by atoms with Crippen molar-refractivity contribution in [3.8, 4) is 6.07 Å². The van der Waals surface area contributed by atoms with Gasteiger partial charge in [0.2, 0.25) is 10.0 Å². The van der Waals surface area contributed by atoms with Crippen molar-refractivity contribution in [2.24, 2.45) is 0 Å². The van der Waals surface area contributed by atoms with Crippen LogP contribution in [0.3, 0.4) is 0 Å². The average Bonchev–Trinajstić information content (AvgIpc) is 2.42. The van der Waals surface area contributed by atoms with Crippen LogP contribution < -0.4 is 10.5 Å². The van der Waals surface area contributed by atoms with Gasteiger partial charge in [-0.2, -0.15) is 5.26 Å². The monoisotopic (exact) mass is 279 g/mol. The van der Waals surface area contributed by atoms with Gasteiger partial charge in [0, 0.05) is 0 Å². The molecule has 0 atom stereocenters. The van der Waals surface area contributed by atoms with Gasteiger partial charge in [-0.25, -0.2) is 8.42 Å². The third-order valence-electron chi connectivity index (χ3n) is 3.42. The molecule has 0 amide bonds. The molecule has 0 aliphatic heterocycles. The van der Waals surface area contributed by atoms with Gasteiger partial charge in [0.15, 0.2) is 0 Å². The molecule has 3 N–H and O–H groups in total. The Hall–Kier alpha value is -1.74. The summed E-state index contributed by atoms with van der Waals surface area (Å²) in [6.45, 7) is 0. The van der Waals surface area contributed by atoms with Crippen LogP contribution in [-0.4, -0.2) is 13.7 Å². The molecule has 1 fully saturated rings. The van der Waals surface area contributed by atoms with E-state index in [1.807, 2.05) is 6.07 Å². The van der Waals surface area contributed by atoms with Gasteiger partial charge in [0.05, 0.1) is 28.3 Å². The van der Waals surface area contributed by atoms with Crippen molar-refractivity contribution in [1.82, 2.24) is 0 Å². The van der Waals surface area contributed by atoms with Gasteiger partial charge in [0.25, 0.3) is 0 Å². The molecular formula is C13H17N3O2S. The molecule has 1 aliphatic carbocycles. The number of nitrogens with zero attached hydrogens (tertiary/aromatic N) is 1. The van der Waals surface area contributed by atoms with Crippen molar-refractivity contribution in [3.63, 3.8) is 0 Å². The number of hydrogen-bond acceptors (Lipinski definition) is 4.